The van der Waals surface area contributed by atoms with E-state index < -0.39 is 23.3 Å². The van der Waals surface area contributed by atoms with E-state index in [1.54, 1.807) is 54.6 Å². The highest BCUT2D eigenvalue weighted by Gasteiger charge is 2.27. The molecule has 0 saturated heterocycles. The van der Waals surface area contributed by atoms with Crippen LogP contribution in [0.3, 0.4) is 0 Å². The van der Waals surface area contributed by atoms with Gasteiger partial charge in [-0.1, -0.05) is 49.4 Å². The lowest BCUT2D eigenvalue weighted by Crippen LogP contribution is -2.28. The molecule has 1 aromatic heterocycles. The molecule has 0 spiro atoms. The second-order valence-electron chi connectivity index (χ2n) is 10.5. The molecule has 10 nitrogen and oxygen atoms in total. The van der Waals surface area contributed by atoms with Crippen molar-refractivity contribution in [3.63, 3.8) is 0 Å². The molecule has 2 atom stereocenters. The van der Waals surface area contributed by atoms with E-state index in [4.69, 9.17) is 21.6 Å². The van der Waals surface area contributed by atoms with Crippen LogP contribution < -0.4 is 21.9 Å². The van der Waals surface area contributed by atoms with Crippen molar-refractivity contribution >= 4 is 11.7 Å². The van der Waals surface area contributed by atoms with Crippen molar-refractivity contribution in [3.8, 4) is 11.4 Å². The number of likely N-dealkylation sites (N-methyl/N-ethyl adjacent to an activating group) is 1. The van der Waals surface area contributed by atoms with Crippen LogP contribution in [0.2, 0.25) is 0 Å². The quantitative estimate of drug-likeness (QED) is 0.150. The molecule has 0 fully saturated rings. The summed E-state index contributed by atoms with van der Waals surface area (Å²) in [5.41, 5.74) is 13.4. The van der Waals surface area contributed by atoms with Gasteiger partial charge in [0.2, 0.25) is 0 Å². The van der Waals surface area contributed by atoms with E-state index in [0.717, 1.165) is 15.8 Å². The molecule has 0 bridgehead atoms. The highest BCUT2D eigenvalue weighted by molar-refractivity contribution is 5.96. The lowest BCUT2D eigenvalue weighted by molar-refractivity contribution is 0.1000. The molecular formula is C31H36FN7O3. The first kappa shape index (κ1) is 30.2. The molecule has 4 rings (SSSR count). The zero-order valence-corrected chi connectivity index (χ0v) is 24.1. The molecule has 220 valence electrons. The fraction of sp³-hybridized carbons (Fsp3) is 0.290. The van der Waals surface area contributed by atoms with Gasteiger partial charge >= 0.3 is 5.69 Å². The lowest BCUT2D eigenvalue weighted by Gasteiger charge is -2.22. The number of carbonyl (C=O) groups excluding carboxylic acids is 1. The van der Waals surface area contributed by atoms with Crippen LogP contribution in [0.5, 0.6) is 5.75 Å². The number of H-pyrrole nitrogens is 1. The molecular weight excluding hydrogens is 537 g/mol. The molecule has 3 aromatic carbocycles. The zero-order valence-electron chi connectivity index (χ0n) is 24.1. The van der Waals surface area contributed by atoms with Crippen molar-refractivity contribution in [1.82, 2.24) is 19.7 Å². The largest absolute Gasteiger partial charge is 0.486 e. The SMILES string of the molecule is CCc1cc(OC(C)CN(C)C)c(F)c(C(Cc2ccc(C(=N)N)cc2)c2nn(-c3ccccc3C(N)=O)c(=O)[nH]2)c1. The van der Waals surface area contributed by atoms with Gasteiger partial charge in [0, 0.05) is 17.7 Å². The van der Waals surface area contributed by atoms with Gasteiger partial charge in [0.05, 0.1) is 17.2 Å². The molecule has 0 aliphatic carbocycles. The molecule has 0 radical (unpaired) electrons. The molecule has 11 heteroatoms. The fourth-order valence-corrected chi connectivity index (χ4v) is 4.93. The van der Waals surface area contributed by atoms with Crippen molar-refractivity contribution in [2.75, 3.05) is 20.6 Å². The Balaban J connectivity index is 1.87. The number of nitrogens with two attached hydrogens (primary N) is 2. The predicted octanol–water partition coefficient (Wildman–Crippen LogP) is 3.35. The number of para-hydroxylation sites is 1. The minimum absolute atomic E-state index is 0.0652. The number of primary amides is 1. The van der Waals surface area contributed by atoms with E-state index in [1.807, 2.05) is 32.8 Å². The van der Waals surface area contributed by atoms with Crippen molar-refractivity contribution in [3.05, 3.63) is 111 Å². The van der Waals surface area contributed by atoms with E-state index in [2.05, 4.69) is 10.1 Å². The molecule has 42 heavy (non-hydrogen) atoms. The van der Waals surface area contributed by atoms with E-state index in [1.165, 1.54) is 6.07 Å². The topological polar surface area (TPSA) is 156 Å². The number of rotatable bonds is 12. The molecule has 6 N–H and O–H groups in total. The van der Waals surface area contributed by atoms with Crippen molar-refractivity contribution in [2.45, 2.75) is 38.7 Å². The number of aryl methyl sites for hydroxylation is 1. The Morgan fingerprint density at radius 1 is 1.12 bits per heavy atom. The monoisotopic (exact) mass is 573 g/mol. The van der Waals surface area contributed by atoms with Crippen LogP contribution in [0.25, 0.3) is 5.69 Å². The average molecular weight is 574 g/mol. The molecule has 0 aliphatic rings. The summed E-state index contributed by atoms with van der Waals surface area (Å²) in [6.45, 7) is 4.44. The second kappa shape index (κ2) is 12.8. The summed E-state index contributed by atoms with van der Waals surface area (Å²) in [6.07, 6.45) is 0.610. The smallest absolute Gasteiger partial charge is 0.348 e. The first-order valence-electron chi connectivity index (χ1n) is 13.6. The van der Waals surface area contributed by atoms with Gasteiger partial charge in [0.25, 0.3) is 5.91 Å². The van der Waals surface area contributed by atoms with Gasteiger partial charge in [-0.15, -0.1) is 5.10 Å². The fourth-order valence-electron chi connectivity index (χ4n) is 4.93. The Hall–Kier alpha value is -4.77. The molecule has 1 heterocycles. The van der Waals surface area contributed by atoms with Gasteiger partial charge in [0.1, 0.15) is 17.8 Å². The van der Waals surface area contributed by atoms with Crippen molar-refractivity contribution in [2.24, 2.45) is 11.5 Å². The summed E-state index contributed by atoms with van der Waals surface area (Å²) in [5, 5.41) is 12.2. The van der Waals surface area contributed by atoms with E-state index in [0.29, 0.717) is 24.1 Å². The number of aromatic nitrogens is 3. The standard InChI is InChI=1S/C31H36FN7O3/c1-5-19-14-23(27(32)26(16-19)42-18(2)17-38(3)4)24(15-20-10-12-21(13-11-20)28(33)34)30-36-31(41)39(37-30)25-9-7-6-8-22(25)29(35)40/h6-14,16,18,24H,5,15,17H2,1-4H3,(H3,33,34)(H2,35,40)(H,36,37,41). The lowest BCUT2D eigenvalue weighted by atomic mass is 9.89. The Kier molecular flexibility index (Phi) is 9.21. The Morgan fingerprint density at radius 2 is 1.81 bits per heavy atom. The number of carbonyl (C=O) groups is 1. The summed E-state index contributed by atoms with van der Waals surface area (Å²) in [7, 11) is 3.83. The van der Waals surface area contributed by atoms with Crippen LogP contribution in [0.4, 0.5) is 4.39 Å². The van der Waals surface area contributed by atoms with Gasteiger partial charge in [-0.2, -0.15) is 4.68 Å². The molecule has 1 amide bonds. The van der Waals surface area contributed by atoms with Gasteiger partial charge in [-0.25, -0.2) is 9.18 Å². The molecule has 4 aromatic rings. The highest BCUT2D eigenvalue weighted by atomic mass is 19.1. The number of amides is 1. The molecule has 2 unspecified atom stereocenters. The summed E-state index contributed by atoms with van der Waals surface area (Å²) >= 11 is 0. The maximum Gasteiger partial charge on any atom is 0.348 e. The highest BCUT2D eigenvalue weighted by Crippen LogP contribution is 2.34. The molecule has 0 saturated carbocycles. The maximum absolute atomic E-state index is 16.3. The first-order chi connectivity index (χ1) is 20.0. The maximum atomic E-state index is 16.3. The third kappa shape index (κ3) is 6.74. The third-order valence-electron chi connectivity index (χ3n) is 6.93. The van der Waals surface area contributed by atoms with E-state index in [9.17, 15) is 9.59 Å². The zero-order chi connectivity index (χ0) is 30.6. The number of amidine groups is 1. The van der Waals surface area contributed by atoms with Gasteiger partial charge in [-0.05, 0) is 63.2 Å². The number of aromatic amines is 1. The van der Waals surface area contributed by atoms with Crippen LogP contribution in [-0.4, -0.2) is 58.2 Å². The summed E-state index contributed by atoms with van der Waals surface area (Å²) < 4.78 is 23.4. The number of nitrogens with zero attached hydrogens (tertiary/aromatic N) is 3. The average Bonchev–Trinajstić information content (AvgIpc) is 3.33. The Labute approximate surface area is 243 Å². The first-order valence-corrected chi connectivity index (χ1v) is 13.6. The van der Waals surface area contributed by atoms with Gasteiger partial charge in [-0.3, -0.25) is 15.2 Å². The normalized spacial score (nSPS) is 12.7. The number of nitrogen functional groups attached to an aromatic ring is 1. The third-order valence-corrected chi connectivity index (χ3v) is 6.93. The summed E-state index contributed by atoms with van der Waals surface area (Å²) in [4.78, 5) is 30.0. The number of hydrogen-bond donors (Lipinski definition) is 4. The summed E-state index contributed by atoms with van der Waals surface area (Å²) in [6, 6.07) is 16.9. The second-order valence-corrected chi connectivity index (χ2v) is 10.5. The van der Waals surface area contributed by atoms with Crippen molar-refractivity contribution in [1.29, 1.82) is 5.41 Å². The number of ether oxygens (including phenoxy) is 1. The van der Waals surface area contributed by atoms with Crippen molar-refractivity contribution < 1.29 is 13.9 Å². The van der Waals surface area contributed by atoms with E-state index >= 15 is 4.39 Å². The number of halogens is 1. The van der Waals surface area contributed by atoms with E-state index in [-0.39, 0.29) is 41.2 Å². The van der Waals surface area contributed by atoms with Gasteiger partial charge in [0.15, 0.2) is 11.6 Å². The molecule has 0 aliphatic heterocycles. The van der Waals surface area contributed by atoms with Crippen LogP contribution in [0.15, 0.2) is 65.5 Å². The van der Waals surface area contributed by atoms with Crippen LogP contribution in [0.1, 0.15) is 58.2 Å². The Morgan fingerprint density at radius 3 is 2.43 bits per heavy atom. The minimum Gasteiger partial charge on any atom is -0.486 e. The van der Waals surface area contributed by atoms with Crippen LogP contribution >= 0.6 is 0 Å². The van der Waals surface area contributed by atoms with Gasteiger partial charge < -0.3 is 21.1 Å². The van der Waals surface area contributed by atoms with Crippen LogP contribution in [0, 0.1) is 11.2 Å². The predicted molar refractivity (Wildman–Crippen MR) is 160 cm³/mol. The number of hydrogen-bond acceptors (Lipinski definition) is 6. The number of benzene rings is 3. The van der Waals surface area contributed by atoms with Crippen LogP contribution in [-0.2, 0) is 12.8 Å². The number of nitrogens with one attached hydrogen (secondary N) is 2. The summed E-state index contributed by atoms with van der Waals surface area (Å²) in [5.74, 6) is -1.73. The Bertz CT molecular complexity index is 1640. The minimum atomic E-state index is -0.735.